The summed E-state index contributed by atoms with van der Waals surface area (Å²) in [5.41, 5.74) is 16.5. The van der Waals surface area contributed by atoms with Gasteiger partial charge in [-0.05, 0) is 13.8 Å². The minimum atomic E-state index is -1.27. The number of nitrogens with two attached hydrogens (primary N) is 3. The van der Waals surface area contributed by atoms with Crippen LogP contribution < -0.4 is 17.2 Å². The summed E-state index contributed by atoms with van der Waals surface area (Å²) in [4.78, 5) is 38.3. The Balaban J connectivity index is 0.000000754. The van der Waals surface area contributed by atoms with E-state index in [0.717, 1.165) is 0 Å². The summed E-state index contributed by atoms with van der Waals surface area (Å²) in [6.07, 6.45) is 2.30. The van der Waals surface area contributed by atoms with Crippen molar-refractivity contribution in [3.05, 3.63) is 18.2 Å². The van der Waals surface area contributed by atoms with Gasteiger partial charge in [-0.25, -0.2) is 4.98 Å². The Bertz CT molecular complexity index is 533. The zero-order valence-electron chi connectivity index (χ0n) is 13.4. The van der Waals surface area contributed by atoms with E-state index < -0.39 is 42.1 Å². The standard InChI is InChI=1S/C10H16N4O4.C3H7NO2/c1-5(8(12)9(15)16)18-10(17)7(11)2-6-3-13-4-14-6;1-2(4)3(5)6/h3-5,7-8H,2,11-12H2,1H3,(H,13,14)(H,15,16);2H,4H2,1H3,(H,5,6)/t5-,7+,8+;2-/m10/s1. The third-order valence-electron chi connectivity index (χ3n) is 2.78. The van der Waals surface area contributed by atoms with Crippen LogP contribution in [0, 0.1) is 0 Å². The quantitative estimate of drug-likeness (QED) is 0.300. The predicted molar refractivity (Wildman–Crippen MR) is 82.7 cm³/mol. The van der Waals surface area contributed by atoms with Gasteiger partial charge in [-0.3, -0.25) is 14.4 Å². The second kappa shape index (κ2) is 10.3. The fourth-order valence-electron chi connectivity index (χ4n) is 1.26. The van der Waals surface area contributed by atoms with Gasteiger partial charge < -0.3 is 37.1 Å². The minimum absolute atomic E-state index is 0.230. The van der Waals surface area contributed by atoms with Gasteiger partial charge in [-0.1, -0.05) is 0 Å². The first-order valence-corrected chi connectivity index (χ1v) is 6.96. The number of nitrogens with zero attached hydrogens (tertiary/aromatic N) is 1. The van der Waals surface area contributed by atoms with Gasteiger partial charge in [-0.2, -0.15) is 0 Å². The van der Waals surface area contributed by atoms with Crippen LogP contribution in [0.2, 0.25) is 0 Å². The molecule has 0 amide bonds. The first-order chi connectivity index (χ1) is 11.1. The molecule has 0 saturated heterocycles. The number of carboxylic acid groups (broad SMARTS) is 2. The van der Waals surface area contributed by atoms with Crippen LogP contribution in [0.15, 0.2) is 12.5 Å². The molecular weight excluding hydrogens is 322 g/mol. The second-order valence-electron chi connectivity index (χ2n) is 5.02. The number of hydrogen-bond acceptors (Lipinski definition) is 8. The van der Waals surface area contributed by atoms with Crippen molar-refractivity contribution in [2.45, 2.75) is 44.5 Å². The van der Waals surface area contributed by atoms with Gasteiger partial charge in [0, 0.05) is 18.3 Å². The van der Waals surface area contributed by atoms with Crippen LogP contribution in [0.3, 0.4) is 0 Å². The number of carbonyl (C=O) groups excluding carboxylic acids is 1. The summed E-state index contributed by atoms with van der Waals surface area (Å²) in [5.74, 6) is -2.90. The lowest BCUT2D eigenvalue weighted by molar-refractivity contribution is -0.154. The molecule has 0 bridgehead atoms. The fourth-order valence-corrected chi connectivity index (χ4v) is 1.26. The van der Waals surface area contributed by atoms with E-state index in [1.165, 1.54) is 20.2 Å². The molecule has 0 aliphatic rings. The molecule has 24 heavy (non-hydrogen) atoms. The van der Waals surface area contributed by atoms with E-state index in [1.54, 1.807) is 6.20 Å². The molecule has 0 saturated carbocycles. The highest BCUT2D eigenvalue weighted by Gasteiger charge is 2.26. The molecule has 0 aliphatic carbocycles. The predicted octanol–water partition coefficient (Wildman–Crippen LogP) is -1.96. The number of aromatic amines is 1. The first kappa shape index (κ1) is 21.5. The number of aromatic nitrogens is 2. The highest BCUT2D eigenvalue weighted by Crippen LogP contribution is 2.03. The van der Waals surface area contributed by atoms with Gasteiger partial charge >= 0.3 is 17.9 Å². The summed E-state index contributed by atoms with van der Waals surface area (Å²) in [6, 6.07) is -2.90. The van der Waals surface area contributed by atoms with Crippen molar-refractivity contribution in [3.63, 3.8) is 0 Å². The Morgan fingerprint density at radius 1 is 1.21 bits per heavy atom. The Hall–Kier alpha value is -2.50. The van der Waals surface area contributed by atoms with Crippen molar-refractivity contribution in [3.8, 4) is 0 Å². The number of esters is 1. The smallest absolute Gasteiger partial charge is 0.324 e. The van der Waals surface area contributed by atoms with Crippen LogP contribution in [0.25, 0.3) is 0 Å². The molecule has 0 unspecified atom stereocenters. The third kappa shape index (κ3) is 8.22. The summed E-state index contributed by atoms with van der Waals surface area (Å²) < 4.78 is 4.88. The van der Waals surface area contributed by atoms with Crippen molar-refractivity contribution < 1.29 is 29.3 Å². The highest BCUT2D eigenvalue weighted by molar-refractivity contribution is 5.78. The molecule has 11 nitrogen and oxygen atoms in total. The zero-order valence-corrected chi connectivity index (χ0v) is 13.4. The number of carboxylic acids is 2. The third-order valence-corrected chi connectivity index (χ3v) is 2.78. The van der Waals surface area contributed by atoms with E-state index in [9.17, 15) is 14.4 Å². The van der Waals surface area contributed by atoms with E-state index in [2.05, 4.69) is 9.97 Å². The van der Waals surface area contributed by atoms with E-state index in [0.29, 0.717) is 5.69 Å². The second-order valence-corrected chi connectivity index (χ2v) is 5.02. The van der Waals surface area contributed by atoms with E-state index in [-0.39, 0.29) is 6.42 Å². The summed E-state index contributed by atoms with van der Waals surface area (Å²) in [7, 11) is 0. The number of nitrogens with one attached hydrogen (secondary N) is 1. The molecule has 1 heterocycles. The average molecular weight is 345 g/mol. The molecule has 0 radical (unpaired) electrons. The largest absolute Gasteiger partial charge is 0.480 e. The molecule has 0 aromatic carbocycles. The Morgan fingerprint density at radius 3 is 2.12 bits per heavy atom. The number of H-pyrrole nitrogens is 1. The molecule has 9 N–H and O–H groups in total. The Kier molecular flexibility index (Phi) is 9.23. The molecule has 1 rings (SSSR count). The maximum atomic E-state index is 11.6. The van der Waals surface area contributed by atoms with Gasteiger partial charge in [-0.15, -0.1) is 0 Å². The Labute approximate surface area is 138 Å². The summed E-state index contributed by atoms with van der Waals surface area (Å²) >= 11 is 0. The lowest BCUT2D eigenvalue weighted by Crippen LogP contribution is -2.45. The van der Waals surface area contributed by atoms with Crippen LogP contribution >= 0.6 is 0 Å². The van der Waals surface area contributed by atoms with E-state index in [4.69, 9.17) is 32.2 Å². The molecule has 136 valence electrons. The monoisotopic (exact) mass is 345 g/mol. The molecule has 1 aromatic heterocycles. The van der Waals surface area contributed by atoms with Crippen LogP contribution in [0.4, 0.5) is 0 Å². The van der Waals surface area contributed by atoms with Gasteiger partial charge in [0.2, 0.25) is 0 Å². The zero-order chi connectivity index (χ0) is 18.9. The van der Waals surface area contributed by atoms with Crippen molar-refractivity contribution in [1.82, 2.24) is 9.97 Å². The molecular formula is C13H23N5O6. The summed E-state index contributed by atoms with van der Waals surface area (Å²) in [6.45, 7) is 2.82. The van der Waals surface area contributed by atoms with Gasteiger partial charge in [0.1, 0.15) is 24.2 Å². The van der Waals surface area contributed by atoms with Gasteiger partial charge in [0.05, 0.1) is 6.33 Å². The maximum Gasteiger partial charge on any atom is 0.324 e. The van der Waals surface area contributed by atoms with Crippen LogP contribution in [0.1, 0.15) is 19.5 Å². The first-order valence-electron chi connectivity index (χ1n) is 6.96. The number of carbonyl (C=O) groups is 3. The highest BCUT2D eigenvalue weighted by atomic mass is 16.5. The lowest BCUT2D eigenvalue weighted by atomic mass is 10.1. The molecule has 0 fully saturated rings. The minimum Gasteiger partial charge on any atom is -0.480 e. The number of imidazole rings is 1. The maximum absolute atomic E-state index is 11.6. The normalized spacial score (nSPS) is 15.2. The average Bonchev–Trinajstić information content (AvgIpc) is 2.99. The SMILES string of the molecule is C[C@@H](OC(=O)[C@@H](N)Cc1cnc[nH]1)[C@H](N)C(=O)O.C[C@H](N)C(=O)O. The Morgan fingerprint density at radius 2 is 1.75 bits per heavy atom. The topological polar surface area (TPSA) is 208 Å². The van der Waals surface area contributed by atoms with Crippen LogP contribution in [-0.4, -0.2) is 62.3 Å². The number of aliphatic carboxylic acids is 2. The van der Waals surface area contributed by atoms with Crippen molar-refractivity contribution in [2.24, 2.45) is 17.2 Å². The number of ether oxygens (including phenoxy) is 1. The van der Waals surface area contributed by atoms with Crippen molar-refractivity contribution in [1.29, 1.82) is 0 Å². The molecule has 1 aromatic rings. The van der Waals surface area contributed by atoms with E-state index >= 15 is 0 Å². The van der Waals surface area contributed by atoms with Crippen LogP contribution in [-0.2, 0) is 25.5 Å². The molecule has 11 heteroatoms. The number of rotatable bonds is 7. The van der Waals surface area contributed by atoms with Crippen molar-refractivity contribution in [2.75, 3.05) is 0 Å². The lowest BCUT2D eigenvalue weighted by Gasteiger charge is -2.19. The number of hydrogen-bond donors (Lipinski definition) is 6. The van der Waals surface area contributed by atoms with Gasteiger partial charge in [0.15, 0.2) is 0 Å². The molecule has 0 spiro atoms. The molecule has 4 atom stereocenters. The van der Waals surface area contributed by atoms with Crippen molar-refractivity contribution >= 4 is 17.9 Å². The van der Waals surface area contributed by atoms with Gasteiger partial charge in [0.25, 0.3) is 0 Å². The van der Waals surface area contributed by atoms with Crippen LogP contribution in [0.5, 0.6) is 0 Å². The summed E-state index contributed by atoms with van der Waals surface area (Å²) in [5, 5.41) is 16.5. The molecule has 0 aliphatic heterocycles. The fraction of sp³-hybridized carbons (Fsp3) is 0.538. The van der Waals surface area contributed by atoms with E-state index in [1.807, 2.05) is 0 Å².